The second-order valence-electron chi connectivity index (χ2n) is 6.69. The maximum absolute atomic E-state index is 11.6. The molecule has 2 rings (SSSR count). The van der Waals surface area contributed by atoms with Crippen molar-refractivity contribution in [2.45, 2.75) is 25.8 Å². The first-order valence-electron chi connectivity index (χ1n) is 9.23. The van der Waals surface area contributed by atoms with Crippen molar-refractivity contribution in [3.8, 4) is 0 Å². The van der Waals surface area contributed by atoms with Crippen LogP contribution < -0.4 is 28.3 Å². The number of aldehydes is 1. The predicted octanol–water partition coefficient (Wildman–Crippen LogP) is 0.860. The molecule has 0 bridgehead atoms. The van der Waals surface area contributed by atoms with E-state index >= 15 is 0 Å². The average molecular weight is 386 g/mol. The van der Waals surface area contributed by atoms with Gasteiger partial charge in [0.25, 0.3) is 0 Å². The molecule has 1 amide bonds. The molecule has 0 saturated heterocycles. The summed E-state index contributed by atoms with van der Waals surface area (Å²) in [6.45, 7) is 2.74. The number of anilines is 2. The van der Waals surface area contributed by atoms with Gasteiger partial charge in [-0.2, -0.15) is 0 Å². The molecular formula is C21H31N5O2. The summed E-state index contributed by atoms with van der Waals surface area (Å²) in [7, 11) is 0. The van der Waals surface area contributed by atoms with Crippen LogP contribution in [0.4, 0.5) is 11.4 Å². The van der Waals surface area contributed by atoms with E-state index < -0.39 is 5.92 Å². The molecule has 2 unspecified atom stereocenters. The molecular weight excluding hydrogens is 354 g/mol. The van der Waals surface area contributed by atoms with Crippen LogP contribution in [0.2, 0.25) is 0 Å². The van der Waals surface area contributed by atoms with Crippen molar-refractivity contribution in [3.63, 3.8) is 0 Å². The minimum Gasteiger partial charge on any atom is -0.399 e. The normalized spacial score (nSPS) is 12.2. The minimum atomic E-state index is -0.676. The Labute approximate surface area is 166 Å². The summed E-state index contributed by atoms with van der Waals surface area (Å²) in [4.78, 5) is 22.4. The Kier molecular flexibility index (Phi) is 10.3. The lowest BCUT2D eigenvalue weighted by Gasteiger charge is -2.10. The number of amides is 1. The van der Waals surface area contributed by atoms with Gasteiger partial charge in [0.2, 0.25) is 5.91 Å². The highest BCUT2D eigenvalue weighted by Crippen LogP contribution is 2.10. The Bertz CT molecular complexity index is 715. The predicted molar refractivity (Wildman–Crippen MR) is 114 cm³/mol. The number of nitrogens with two attached hydrogens (primary N) is 4. The first kappa shape index (κ1) is 23.1. The maximum atomic E-state index is 11.6. The van der Waals surface area contributed by atoms with Crippen LogP contribution in [0.5, 0.6) is 0 Å². The summed E-state index contributed by atoms with van der Waals surface area (Å²) in [5.41, 5.74) is 25.6. The van der Waals surface area contributed by atoms with Gasteiger partial charge in [0.1, 0.15) is 6.29 Å². The van der Waals surface area contributed by atoms with Gasteiger partial charge in [-0.3, -0.25) is 4.79 Å². The molecule has 0 aliphatic heterocycles. The lowest BCUT2D eigenvalue weighted by molar-refractivity contribution is -0.128. The molecule has 2 aromatic carbocycles. The summed E-state index contributed by atoms with van der Waals surface area (Å²) in [6.07, 6.45) is 1.95. The van der Waals surface area contributed by atoms with E-state index in [-0.39, 0.29) is 11.9 Å². The molecule has 28 heavy (non-hydrogen) atoms. The largest absolute Gasteiger partial charge is 0.399 e. The molecule has 9 N–H and O–H groups in total. The van der Waals surface area contributed by atoms with E-state index in [2.05, 4.69) is 5.32 Å². The van der Waals surface area contributed by atoms with E-state index in [1.54, 1.807) is 12.1 Å². The number of hydrogen-bond acceptors (Lipinski definition) is 6. The number of rotatable bonds is 8. The molecule has 7 heteroatoms. The van der Waals surface area contributed by atoms with Crippen LogP contribution in [0.1, 0.15) is 18.1 Å². The van der Waals surface area contributed by atoms with Gasteiger partial charge in [0.05, 0.1) is 5.92 Å². The highest BCUT2D eigenvalue weighted by Gasteiger charge is 2.17. The van der Waals surface area contributed by atoms with Crippen molar-refractivity contribution in [1.29, 1.82) is 0 Å². The highest BCUT2D eigenvalue weighted by molar-refractivity contribution is 5.91. The van der Waals surface area contributed by atoms with Gasteiger partial charge in [-0.15, -0.1) is 0 Å². The number of benzene rings is 2. The number of hydrogen-bond donors (Lipinski definition) is 5. The average Bonchev–Trinajstić information content (AvgIpc) is 2.67. The van der Waals surface area contributed by atoms with Gasteiger partial charge in [-0.05, 0) is 55.2 Å². The molecule has 2 aromatic rings. The van der Waals surface area contributed by atoms with Gasteiger partial charge < -0.3 is 33.0 Å². The third kappa shape index (κ3) is 9.16. The third-order valence-electron chi connectivity index (χ3n) is 3.92. The van der Waals surface area contributed by atoms with Crippen molar-refractivity contribution in [1.82, 2.24) is 5.32 Å². The van der Waals surface area contributed by atoms with Gasteiger partial charge in [-0.25, -0.2) is 0 Å². The van der Waals surface area contributed by atoms with Crippen LogP contribution in [0.15, 0.2) is 48.5 Å². The lowest BCUT2D eigenvalue weighted by Crippen LogP contribution is -2.35. The molecule has 2 atom stereocenters. The van der Waals surface area contributed by atoms with Crippen molar-refractivity contribution in [3.05, 3.63) is 59.7 Å². The molecule has 0 radical (unpaired) electrons. The monoisotopic (exact) mass is 385 g/mol. The number of nitrogens with one attached hydrogen (secondary N) is 1. The molecule has 0 spiro atoms. The fourth-order valence-electron chi connectivity index (χ4n) is 2.46. The second kappa shape index (κ2) is 12.5. The minimum absolute atomic E-state index is 0.221. The van der Waals surface area contributed by atoms with E-state index in [4.69, 9.17) is 22.9 Å². The fraction of sp³-hybridized carbons (Fsp3) is 0.333. The number of carbonyl (C=O) groups excluding carboxylic acids is 2. The quantitative estimate of drug-likeness (QED) is 0.258. The van der Waals surface area contributed by atoms with Crippen LogP contribution in [0.25, 0.3) is 0 Å². The Balaban J connectivity index is 0.000000307. The van der Waals surface area contributed by atoms with E-state index in [0.717, 1.165) is 17.7 Å². The topological polar surface area (TPSA) is 150 Å². The zero-order valence-electron chi connectivity index (χ0n) is 16.3. The fourth-order valence-corrected chi connectivity index (χ4v) is 2.46. The van der Waals surface area contributed by atoms with E-state index in [9.17, 15) is 9.59 Å². The van der Waals surface area contributed by atoms with Gasteiger partial charge in [0, 0.05) is 30.5 Å². The third-order valence-corrected chi connectivity index (χ3v) is 3.92. The SMILES string of the molecule is CC(N)Cc1ccc(N)cc1.NCCNC(=O)C(C=O)Cc1ccc(N)cc1. The van der Waals surface area contributed by atoms with Gasteiger partial charge in [-0.1, -0.05) is 24.3 Å². The first-order chi connectivity index (χ1) is 13.3. The van der Waals surface area contributed by atoms with E-state index in [1.807, 2.05) is 43.3 Å². The van der Waals surface area contributed by atoms with Gasteiger partial charge in [0.15, 0.2) is 0 Å². The Morgan fingerprint density at radius 3 is 1.82 bits per heavy atom. The zero-order valence-corrected chi connectivity index (χ0v) is 16.3. The Hall–Kier alpha value is -2.90. The van der Waals surface area contributed by atoms with E-state index in [0.29, 0.717) is 31.5 Å². The standard InChI is InChI=1S/C12H17N3O2.C9H14N2/c13-5-6-15-12(17)10(8-16)7-9-1-3-11(14)4-2-9;1-7(10)6-8-2-4-9(11)5-3-8/h1-4,8,10H,5-7,13-14H2,(H,15,17);2-5,7H,6,10-11H2,1H3. The van der Waals surface area contributed by atoms with Crippen molar-refractivity contribution in [2.24, 2.45) is 17.4 Å². The Morgan fingerprint density at radius 1 is 0.964 bits per heavy atom. The summed E-state index contributed by atoms with van der Waals surface area (Å²) >= 11 is 0. The molecule has 152 valence electrons. The van der Waals surface area contributed by atoms with Crippen molar-refractivity contribution < 1.29 is 9.59 Å². The van der Waals surface area contributed by atoms with Crippen LogP contribution >= 0.6 is 0 Å². The van der Waals surface area contributed by atoms with Crippen LogP contribution in [0, 0.1) is 5.92 Å². The summed E-state index contributed by atoms with van der Waals surface area (Å²) in [6, 6.07) is 15.2. The number of carbonyl (C=O) groups is 2. The number of nitrogen functional groups attached to an aromatic ring is 2. The Morgan fingerprint density at radius 2 is 1.43 bits per heavy atom. The van der Waals surface area contributed by atoms with Crippen molar-refractivity contribution in [2.75, 3.05) is 24.6 Å². The van der Waals surface area contributed by atoms with Crippen LogP contribution in [-0.2, 0) is 22.4 Å². The smallest absolute Gasteiger partial charge is 0.230 e. The summed E-state index contributed by atoms with van der Waals surface area (Å²) in [5.74, 6) is -0.965. The molecule has 0 saturated carbocycles. The molecule has 0 aliphatic carbocycles. The lowest BCUT2D eigenvalue weighted by atomic mass is 9.99. The van der Waals surface area contributed by atoms with E-state index in [1.165, 1.54) is 5.56 Å². The molecule has 0 fully saturated rings. The maximum Gasteiger partial charge on any atom is 0.230 e. The molecule has 0 heterocycles. The van der Waals surface area contributed by atoms with Crippen LogP contribution in [-0.4, -0.2) is 31.3 Å². The molecule has 0 aliphatic rings. The molecule has 7 nitrogen and oxygen atoms in total. The summed E-state index contributed by atoms with van der Waals surface area (Å²) in [5, 5.41) is 2.60. The van der Waals surface area contributed by atoms with Crippen molar-refractivity contribution >= 4 is 23.6 Å². The first-order valence-corrected chi connectivity index (χ1v) is 9.23. The summed E-state index contributed by atoms with van der Waals surface area (Å²) < 4.78 is 0. The van der Waals surface area contributed by atoms with Crippen LogP contribution in [0.3, 0.4) is 0 Å². The molecule has 0 aromatic heterocycles. The highest BCUT2D eigenvalue weighted by atomic mass is 16.2. The second-order valence-corrected chi connectivity index (χ2v) is 6.69. The zero-order chi connectivity index (χ0) is 20.9. The van der Waals surface area contributed by atoms with Gasteiger partial charge >= 0.3 is 0 Å².